The van der Waals surface area contributed by atoms with E-state index in [1.54, 1.807) is 6.07 Å². The third-order valence-electron chi connectivity index (χ3n) is 2.24. The molecule has 0 unspecified atom stereocenters. The summed E-state index contributed by atoms with van der Waals surface area (Å²) in [4.78, 5) is 4.45. The van der Waals surface area contributed by atoms with E-state index in [4.69, 9.17) is 0 Å². The lowest BCUT2D eigenvalue weighted by Crippen LogP contribution is -2.47. The molecule has 1 aromatic carbocycles. The van der Waals surface area contributed by atoms with E-state index in [1.807, 2.05) is 13.0 Å². The van der Waals surface area contributed by atoms with E-state index in [0.717, 1.165) is 18.1 Å². The van der Waals surface area contributed by atoms with Crippen molar-refractivity contribution in [1.82, 2.24) is 10.6 Å². The Balaban J connectivity index is 0.00000361. The van der Waals surface area contributed by atoms with Gasteiger partial charge in [-0.1, -0.05) is 6.07 Å². The molecule has 0 fully saturated rings. The number of guanidine groups is 1. The van der Waals surface area contributed by atoms with Crippen molar-refractivity contribution in [3.05, 3.63) is 34.1 Å². The second kappa shape index (κ2) is 8.81. The average Bonchev–Trinajstić information content (AvgIpc) is 2.29. The fraction of sp³-hybridized carbons (Fsp3) is 0.500. The highest BCUT2D eigenvalue weighted by Crippen LogP contribution is 2.16. The largest absolute Gasteiger partial charge is 0.357 e. The van der Waals surface area contributed by atoms with E-state index in [0.29, 0.717) is 11.0 Å². The summed E-state index contributed by atoms with van der Waals surface area (Å²) in [6.45, 7) is 9.45. The zero-order chi connectivity index (χ0) is 14.5. The standard InChI is InChI=1S/C14H21BrFN3.HI/c1-5-17-13(19-14(2,3)4)18-9-10-6-7-11(15)12(16)8-10;/h6-8H,5,9H2,1-4H3,(H2,17,18,19);1H. The third kappa shape index (κ3) is 7.42. The van der Waals surface area contributed by atoms with Gasteiger partial charge in [0.25, 0.3) is 0 Å². The van der Waals surface area contributed by atoms with Crippen molar-refractivity contribution in [2.45, 2.75) is 39.8 Å². The van der Waals surface area contributed by atoms with Gasteiger partial charge in [0.05, 0.1) is 11.0 Å². The second-order valence-corrected chi connectivity index (χ2v) is 6.17. The first-order valence-electron chi connectivity index (χ1n) is 6.32. The Morgan fingerprint density at radius 2 is 2.00 bits per heavy atom. The molecule has 0 spiro atoms. The molecule has 0 aliphatic rings. The van der Waals surface area contributed by atoms with Crippen LogP contribution in [-0.4, -0.2) is 18.0 Å². The molecule has 0 bridgehead atoms. The number of hydrogen-bond donors (Lipinski definition) is 2. The van der Waals surface area contributed by atoms with E-state index in [9.17, 15) is 4.39 Å². The third-order valence-corrected chi connectivity index (χ3v) is 2.88. The maximum Gasteiger partial charge on any atom is 0.191 e. The van der Waals surface area contributed by atoms with Crippen LogP contribution in [0, 0.1) is 5.82 Å². The van der Waals surface area contributed by atoms with Gasteiger partial charge in [0.15, 0.2) is 5.96 Å². The van der Waals surface area contributed by atoms with E-state index in [-0.39, 0.29) is 35.3 Å². The number of benzene rings is 1. The second-order valence-electron chi connectivity index (χ2n) is 5.32. The van der Waals surface area contributed by atoms with E-state index < -0.39 is 0 Å². The fourth-order valence-electron chi connectivity index (χ4n) is 1.47. The molecule has 0 aliphatic heterocycles. The summed E-state index contributed by atoms with van der Waals surface area (Å²) in [5, 5.41) is 6.46. The first-order valence-corrected chi connectivity index (χ1v) is 7.11. The summed E-state index contributed by atoms with van der Waals surface area (Å²) in [7, 11) is 0. The fourth-order valence-corrected chi connectivity index (χ4v) is 1.72. The van der Waals surface area contributed by atoms with Gasteiger partial charge in [0.2, 0.25) is 0 Å². The molecule has 3 nitrogen and oxygen atoms in total. The highest BCUT2D eigenvalue weighted by atomic mass is 127. The maximum atomic E-state index is 13.4. The highest BCUT2D eigenvalue weighted by molar-refractivity contribution is 14.0. The summed E-state index contributed by atoms with van der Waals surface area (Å²) in [6, 6.07) is 5.05. The molecule has 1 aromatic rings. The Bertz CT molecular complexity index is 458. The summed E-state index contributed by atoms with van der Waals surface area (Å²) >= 11 is 3.14. The molecule has 0 saturated carbocycles. The lowest BCUT2D eigenvalue weighted by atomic mass is 10.1. The number of aliphatic imine (C=N–C) groups is 1. The molecule has 0 aliphatic carbocycles. The van der Waals surface area contributed by atoms with E-state index >= 15 is 0 Å². The van der Waals surface area contributed by atoms with Crippen LogP contribution in [0.4, 0.5) is 4.39 Å². The Morgan fingerprint density at radius 1 is 1.35 bits per heavy atom. The number of rotatable bonds is 3. The quantitative estimate of drug-likeness (QED) is 0.408. The number of nitrogens with zero attached hydrogens (tertiary/aromatic N) is 1. The van der Waals surface area contributed by atoms with Gasteiger partial charge in [0, 0.05) is 12.1 Å². The van der Waals surface area contributed by atoms with Crippen LogP contribution in [0.15, 0.2) is 27.7 Å². The zero-order valence-electron chi connectivity index (χ0n) is 12.3. The molecular weight excluding hydrogens is 436 g/mol. The summed E-state index contributed by atoms with van der Waals surface area (Å²) in [6.07, 6.45) is 0. The average molecular weight is 458 g/mol. The molecule has 0 atom stereocenters. The van der Waals surface area contributed by atoms with Crippen LogP contribution in [0.5, 0.6) is 0 Å². The van der Waals surface area contributed by atoms with Gasteiger partial charge >= 0.3 is 0 Å². The van der Waals surface area contributed by atoms with Gasteiger partial charge < -0.3 is 10.6 Å². The van der Waals surface area contributed by atoms with Gasteiger partial charge in [-0.2, -0.15) is 0 Å². The molecule has 6 heteroatoms. The van der Waals surface area contributed by atoms with E-state index in [1.165, 1.54) is 6.07 Å². The summed E-state index contributed by atoms with van der Waals surface area (Å²) in [5.74, 6) is 0.472. The molecule has 0 saturated heterocycles. The summed E-state index contributed by atoms with van der Waals surface area (Å²) in [5.41, 5.74) is 0.776. The van der Waals surface area contributed by atoms with Gasteiger partial charge in [-0.3, -0.25) is 0 Å². The molecule has 0 heterocycles. The van der Waals surface area contributed by atoms with Gasteiger partial charge in [-0.25, -0.2) is 9.38 Å². The molecule has 2 N–H and O–H groups in total. The van der Waals surface area contributed by atoms with Gasteiger partial charge in [0.1, 0.15) is 5.82 Å². The SMILES string of the molecule is CCNC(=NCc1ccc(Br)c(F)c1)NC(C)(C)C.I. The molecule has 0 aromatic heterocycles. The predicted octanol–water partition coefficient (Wildman–Crippen LogP) is 4.06. The Morgan fingerprint density at radius 3 is 2.50 bits per heavy atom. The predicted molar refractivity (Wildman–Crippen MR) is 97.2 cm³/mol. The normalized spacial score (nSPS) is 11.8. The lowest BCUT2D eigenvalue weighted by Gasteiger charge is -2.23. The van der Waals surface area contributed by atoms with Crippen LogP contribution in [0.3, 0.4) is 0 Å². The van der Waals surface area contributed by atoms with Crippen molar-refractivity contribution in [2.24, 2.45) is 4.99 Å². The summed E-state index contributed by atoms with van der Waals surface area (Å²) < 4.78 is 13.9. The van der Waals surface area contributed by atoms with Crippen molar-refractivity contribution in [1.29, 1.82) is 0 Å². The first-order chi connectivity index (χ1) is 8.81. The smallest absolute Gasteiger partial charge is 0.191 e. The number of nitrogens with one attached hydrogen (secondary N) is 2. The first kappa shape index (κ1) is 19.6. The van der Waals surface area contributed by atoms with Crippen molar-refractivity contribution in [3.8, 4) is 0 Å². The van der Waals surface area contributed by atoms with Crippen LogP contribution in [0.2, 0.25) is 0 Å². The maximum absolute atomic E-state index is 13.4. The molecule has 114 valence electrons. The van der Waals surface area contributed by atoms with Crippen molar-refractivity contribution in [2.75, 3.05) is 6.54 Å². The molecular formula is C14H22BrFIN3. The van der Waals surface area contributed by atoms with Crippen LogP contribution in [0.25, 0.3) is 0 Å². The zero-order valence-corrected chi connectivity index (χ0v) is 16.2. The number of hydrogen-bond acceptors (Lipinski definition) is 1. The molecule has 20 heavy (non-hydrogen) atoms. The van der Waals surface area contributed by atoms with Crippen LogP contribution >= 0.6 is 39.9 Å². The van der Waals surface area contributed by atoms with Crippen LogP contribution in [0.1, 0.15) is 33.3 Å². The lowest BCUT2D eigenvalue weighted by molar-refractivity contribution is 0.501. The van der Waals surface area contributed by atoms with E-state index in [2.05, 4.69) is 52.3 Å². The topological polar surface area (TPSA) is 36.4 Å². The van der Waals surface area contributed by atoms with Gasteiger partial charge in [-0.15, -0.1) is 24.0 Å². The van der Waals surface area contributed by atoms with Crippen molar-refractivity contribution < 1.29 is 4.39 Å². The van der Waals surface area contributed by atoms with Crippen LogP contribution in [-0.2, 0) is 6.54 Å². The Labute approximate surface area is 146 Å². The minimum Gasteiger partial charge on any atom is -0.357 e. The molecule has 0 radical (unpaired) electrons. The van der Waals surface area contributed by atoms with Gasteiger partial charge in [-0.05, 0) is 61.3 Å². The van der Waals surface area contributed by atoms with Crippen molar-refractivity contribution in [3.63, 3.8) is 0 Å². The monoisotopic (exact) mass is 457 g/mol. The Hall–Kier alpha value is -0.370. The minimum absolute atomic E-state index is 0. The molecule has 0 amide bonds. The van der Waals surface area contributed by atoms with Crippen molar-refractivity contribution >= 4 is 45.9 Å². The number of halogens is 3. The minimum atomic E-state index is -0.263. The highest BCUT2D eigenvalue weighted by Gasteiger charge is 2.11. The molecule has 1 rings (SSSR count). The Kier molecular flexibility index (Phi) is 8.65. The van der Waals surface area contributed by atoms with Crippen LogP contribution < -0.4 is 10.6 Å².